The van der Waals surface area contributed by atoms with Crippen LogP contribution in [0.25, 0.3) is 0 Å². The lowest BCUT2D eigenvalue weighted by atomic mass is 10.1. The van der Waals surface area contributed by atoms with Crippen LogP contribution in [-0.4, -0.2) is 23.8 Å². The van der Waals surface area contributed by atoms with Crippen molar-refractivity contribution in [3.8, 4) is 0 Å². The van der Waals surface area contributed by atoms with Gasteiger partial charge in [-0.15, -0.1) is 0 Å². The number of alkyl halides is 3. The molecule has 0 aliphatic heterocycles. The Kier molecular flexibility index (Phi) is 8.60. The van der Waals surface area contributed by atoms with E-state index in [2.05, 4.69) is 10.6 Å². The average molecular weight is 539 g/mol. The summed E-state index contributed by atoms with van der Waals surface area (Å²) in [4.78, 5) is 38.3. The Bertz CT molecular complexity index is 1270. The molecule has 6 nitrogen and oxygen atoms in total. The molecule has 11 heteroatoms. The fraction of sp³-hybridized carbons (Fsp3) is 0.160. The minimum absolute atomic E-state index is 0.135. The third-order valence-electron chi connectivity index (χ3n) is 4.95. The zero-order valence-electron chi connectivity index (χ0n) is 18.6. The van der Waals surface area contributed by atoms with E-state index in [-0.39, 0.29) is 26.9 Å². The van der Waals surface area contributed by atoms with Crippen LogP contribution in [0, 0.1) is 0 Å². The standard InChI is InChI=1S/C25H19Cl2F3N2O4/c1-14(31-22(33)17-9-5-6-10-18(17)26)24(35)36-21(15-7-3-2-4-8-15)23(34)32-20-13-16(25(28,29)30)11-12-19(20)27/h2-14,21H,1H3,(H,31,33)(H,32,34)/t14-,21?/m1/s1. The molecule has 0 aliphatic carbocycles. The first-order valence-electron chi connectivity index (χ1n) is 10.5. The molecule has 3 aromatic rings. The van der Waals surface area contributed by atoms with Crippen molar-refractivity contribution >= 4 is 46.7 Å². The van der Waals surface area contributed by atoms with E-state index in [1.54, 1.807) is 30.3 Å². The van der Waals surface area contributed by atoms with Gasteiger partial charge >= 0.3 is 12.1 Å². The van der Waals surface area contributed by atoms with Gasteiger partial charge in [-0.25, -0.2) is 4.79 Å². The number of carbonyl (C=O) groups excluding carboxylic acids is 3. The van der Waals surface area contributed by atoms with Gasteiger partial charge in [-0.05, 0) is 37.3 Å². The summed E-state index contributed by atoms with van der Waals surface area (Å²) in [5.74, 6) is -2.54. The molecule has 1 unspecified atom stereocenters. The summed E-state index contributed by atoms with van der Waals surface area (Å²) in [6.07, 6.45) is -6.21. The smallest absolute Gasteiger partial charge is 0.416 e. The maximum Gasteiger partial charge on any atom is 0.416 e. The van der Waals surface area contributed by atoms with Gasteiger partial charge in [-0.1, -0.05) is 65.7 Å². The van der Waals surface area contributed by atoms with Crippen molar-refractivity contribution in [3.05, 3.63) is 99.5 Å². The number of benzene rings is 3. The number of rotatable bonds is 7. The monoisotopic (exact) mass is 538 g/mol. The molecule has 0 saturated heterocycles. The van der Waals surface area contributed by atoms with Gasteiger partial charge in [0.2, 0.25) is 6.10 Å². The minimum atomic E-state index is -4.66. The molecule has 0 bridgehead atoms. The molecular formula is C25H19Cl2F3N2O4. The van der Waals surface area contributed by atoms with E-state index in [1.165, 1.54) is 31.2 Å². The number of amides is 2. The molecule has 0 radical (unpaired) electrons. The Hall–Kier alpha value is -3.56. The van der Waals surface area contributed by atoms with Gasteiger partial charge in [-0.2, -0.15) is 13.2 Å². The average Bonchev–Trinajstić information content (AvgIpc) is 2.83. The number of ether oxygens (including phenoxy) is 1. The number of halogens is 5. The lowest BCUT2D eigenvalue weighted by Gasteiger charge is -2.21. The highest BCUT2D eigenvalue weighted by Crippen LogP contribution is 2.34. The number of nitrogens with one attached hydrogen (secondary N) is 2. The molecule has 3 rings (SSSR count). The van der Waals surface area contributed by atoms with Crippen LogP contribution in [0.15, 0.2) is 72.8 Å². The number of hydrogen-bond acceptors (Lipinski definition) is 4. The minimum Gasteiger partial charge on any atom is -0.446 e. The Morgan fingerprint density at radius 2 is 1.53 bits per heavy atom. The molecule has 0 aromatic heterocycles. The molecule has 36 heavy (non-hydrogen) atoms. The van der Waals surface area contributed by atoms with Crippen LogP contribution >= 0.6 is 23.2 Å². The molecule has 0 fully saturated rings. The highest BCUT2D eigenvalue weighted by atomic mass is 35.5. The Morgan fingerprint density at radius 1 is 0.889 bits per heavy atom. The largest absolute Gasteiger partial charge is 0.446 e. The highest BCUT2D eigenvalue weighted by molar-refractivity contribution is 6.34. The normalized spacial score (nSPS) is 12.8. The number of hydrogen-bond donors (Lipinski definition) is 2. The van der Waals surface area contributed by atoms with Gasteiger partial charge in [-0.3, -0.25) is 9.59 Å². The van der Waals surface area contributed by atoms with Gasteiger partial charge < -0.3 is 15.4 Å². The quantitative estimate of drug-likeness (QED) is 0.358. The van der Waals surface area contributed by atoms with Gasteiger partial charge in [0.15, 0.2) is 0 Å². The SMILES string of the molecule is C[C@@H](NC(=O)c1ccccc1Cl)C(=O)OC(C(=O)Nc1cc(C(F)(F)F)ccc1Cl)c1ccccc1. The summed E-state index contributed by atoms with van der Waals surface area (Å²) in [5, 5.41) is 4.76. The summed E-state index contributed by atoms with van der Waals surface area (Å²) in [6.45, 7) is 1.35. The summed E-state index contributed by atoms with van der Waals surface area (Å²) in [7, 11) is 0. The van der Waals surface area contributed by atoms with Crippen molar-refractivity contribution in [3.63, 3.8) is 0 Å². The fourth-order valence-electron chi connectivity index (χ4n) is 3.09. The topological polar surface area (TPSA) is 84.5 Å². The Labute approximate surface area is 214 Å². The fourth-order valence-corrected chi connectivity index (χ4v) is 3.48. The zero-order chi connectivity index (χ0) is 26.5. The molecular weight excluding hydrogens is 520 g/mol. The summed E-state index contributed by atoms with van der Waals surface area (Å²) < 4.78 is 44.7. The summed E-state index contributed by atoms with van der Waals surface area (Å²) in [6, 6.07) is 15.3. The van der Waals surface area contributed by atoms with Gasteiger partial charge in [0, 0.05) is 5.56 Å². The molecule has 2 amide bonds. The molecule has 0 spiro atoms. The van der Waals surface area contributed by atoms with Crippen molar-refractivity contribution in [1.82, 2.24) is 5.32 Å². The summed E-state index contributed by atoms with van der Waals surface area (Å²) in [5.41, 5.74) is -0.952. The molecule has 2 atom stereocenters. The summed E-state index contributed by atoms with van der Waals surface area (Å²) >= 11 is 12.0. The number of anilines is 1. The molecule has 2 N–H and O–H groups in total. The first-order valence-corrected chi connectivity index (χ1v) is 11.2. The Balaban J connectivity index is 1.80. The van der Waals surface area contributed by atoms with Crippen LogP contribution < -0.4 is 10.6 Å². The second kappa shape index (κ2) is 11.5. The van der Waals surface area contributed by atoms with Crippen LogP contribution in [0.1, 0.15) is 34.5 Å². The zero-order valence-corrected chi connectivity index (χ0v) is 20.1. The van der Waals surface area contributed by atoms with Crippen molar-refractivity contribution in [1.29, 1.82) is 0 Å². The molecule has 3 aromatic carbocycles. The van der Waals surface area contributed by atoms with Crippen molar-refractivity contribution < 1.29 is 32.3 Å². The molecule has 0 saturated carbocycles. The van der Waals surface area contributed by atoms with E-state index in [4.69, 9.17) is 27.9 Å². The lowest BCUT2D eigenvalue weighted by Crippen LogP contribution is -2.41. The van der Waals surface area contributed by atoms with E-state index in [9.17, 15) is 27.6 Å². The second-order valence-corrected chi connectivity index (χ2v) is 8.40. The maximum atomic E-state index is 13.1. The van der Waals surface area contributed by atoms with E-state index < -0.39 is 41.7 Å². The number of esters is 1. The van der Waals surface area contributed by atoms with Crippen molar-refractivity contribution in [2.45, 2.75) is 25.2 Å². The van der Waals surface area contributed by atoms with Crippen LogP contribution in [0.2, 0.25) is 10.0 Å². The van der Waals surface area contributed by atoms with Gasteiger partial charge in [0.25, 0.3) is 11.8 Å². The van der Waals surface area contributed by atoms with Crippen LogP contribution in [0.3, 0.4) is 0 Å². The van der Waals surface area contributed by atoms with Gasteiger partial charge in [0.05, 0.1) is 26.9 Å². The van der Waals surface area contributed by atoms with Crippen LogP contribution in [0.5, 0.6) is 0 Å². The molecule has 188 valence electrons. The van der Waals surface area contributed by atoms with Crippen LogP contribution in [-0.2, 0) is 20.5 Å². The molecule has 0 heterocycles. The van der Waals surface area contributed by atoms with Crippen LogP contribution in [0.4, 0.5) is 18.9 Å². The van der Waals surface area contributed by atoms with E-state index in [0.717, 1.165) is 12.1 Å². The van der Waals surface area contributed by atoms with E-state index >= 15 is 0 Å². The molecule has 0 aliphatic rings. The maximum absolute atomic E-state index is 13.1. The van der Waals surface area contributed by atoms with Crippen molar-refractivity contribution in [2.24, 2.45) is 0 Å². The predicted octanol–water partition coefficient (Wildman–Crippen LogP) is 6.05. The third-order valence-corrected chi connectivity index (χ3v) is 5.60. The van der Waals surface area contributed by atoms with Crippen molar-refractivity contribution in [2.75, 3.05) is 5.32 Å². The third kappa shape index (κ3) is 6.77. The van der Waals surface area contributed by atoms with Gasteiger partial charge in [0.1, 0.15) is 6.04 Å². The predicted molar refractivity (Wildman–Crippen MR) is 129 cm³/mol. The highest BCUT2D eigenvalue weighted by Gasteiger charge is 2.32. The second-order valence-electron chi connectivity index (χ2n) is 7.58. The Morgan fingerprint density at radius 3 is 2.17 bits per heavy atom. The van der Waals surface area contributed by atoms with E-state index in [0.29, 0.717) is 6.07 Å². The lowest BCUT2D eigenvalue weighted by molar-refractivity contribution is -0.156. The first-order chi connectivity index (χ1) is 17.0. The first kappa shape index (κ1) is 27.0. The number of carbonyl (C=O) groups is 3. The van der Waals surface area contributed by atoms with E-state index in [1.807, 2.05) is 0 Å².